The number of halogens is 2. The Morgan fingerprint density at radius 1 is 1.27 bits per heavy atom. The second-order valence-corrected chi connectivity index (χ2v) is 7.11. The van der Waals surface area contributed by atoms with E-state index in [2.05, 4.69) is 15.1 Å². The standard InChI is InChI=1S/C16H9Cl2N3O4S/c17-7-1-6(2-8(18)3-7)11-13(16(23)24)20-12-9(5-26-14(11)12)15-19-10(4-22)25-21-15/h1-3,5,20,22H,4H2,(H,23,24). The molecule has 26 heavy (non-hydrogen) atoms. The molecule has 0 amide bonds. The lowest BCUT2D eigenvalue weighted by molar-refractivity contribution is 0.0692. The summed E-state index contributed by atoms with van der Waals surface area (Å²) in [5.41, 5.74) is 2.22. The minimum atomic E-state index is -1.12. The van der Waals surface area contributed by atoms with Crippen LogP contribution in [-0.4, -0.2) is 31.3 Å². The second-order valence-electron chi connectivity index (χ2n) is 5.36. The molecule has 3 aromatic heterocycles. The van der Waals surface area contributed by atoms with E-state index in [1.807, 2.05) is 0 Å². The summed E-state index contributed by atoms with van der Waals surface area (Å²) in [6.07, 6.45) is 0. The Morgan fingerprint density at radius 3 is 2.62 bits per heavy atom. The molecule has 0 bridgehead atoms. The van der Waals surface area contributed by atoms with Crippen molar-refractivity contribution in [3.05, 3.63) is 45.2 Å². The van der Waals surface area contributed by atoms with Crippen molar-refractivity contribution in [1.82, 2.24) is 15.1 Å². The van der Waals surface area contributed by atoms with Gasteiger partial charge in [0.25, 0.3) is 5.89 Å². The summed E-state index contributed by atoms with van der Waals surface area (Å²) in [6.45, 7) is -0.377. The molecule has 3 N–H and O–H groups in total. The van der Waals surface area contributed by atoms with Crippen LogP contribution in [0.1, 0.15) is 16.4 Å². The Bertz CT molecular complexity index is 1130. The van der Waals surface area contributed by atoms with Gasteiger partial charge in [-0.15, -0.1) is 11.3 Å². The van der Waals surface area contributed by atoms with E-state index in [9.17, 15) is 9.90 Å². The molecule has 3 heterocycles. The fourth-order valence-electron chi connectivity index (χ4n) is 2.69. The van der Waals surface area contributed by atoms with Crippen molar-refractivity contribution in [2.24, 2.45) is 0 Å². The third kappa shape index (κ3) is 2.77. The topological polar surface area (TPSA) is 112 Å². The van der Waals surface area contributed by atoms with Gasteiger partial charge in [-0.1, -0.05) is 28.4 Å². The molecule has 0 spiro atoms. The van der Waals surface area contributed by atoms with Gasteiger partial charge in [-0.05, 0) is 23.8 Å². The number of nitrogens with one attached hydrogen (secondary N) is 1. The van der Waals surface area contributed by atoms with Crippen molar-refractivity contribution >= 4 is 50.7 Å². The number of aliphatic hydroxyl groups is 1. The van der Waals surface area contributed by atoms with Crippen molar-refractivity contribution < 1.29 is 19.5 Å². The van der Waals surface area contributed by atoms with Crippen LogP contribution in [0.2, 0.25) is 10.0 Å². The SMILES string of the molecule is O=C(O)c1[nH]c2c(-c3noc(CO)n3)csc2c1-c1cc(Cl)cc(Cl)c1. The highest BCUT2D eigenvalue weighted by atomic mass is 35.5. The highest BCUT2D eigenvalue weighted by Crippen LogP contribution is 2.42. The number of hydrogen-bond acceptors (Lipinski definition) is 6. The van der Waals surface area contributed by atoms with Gasteiger partial charge in [0.15, 0.2) is 0 Å². The number of nitrogens with zero attached hydrogens (tertiary/aromatic N) is 2. The third-order valence-corrected chi connectivity index (χ3v) is 5.16. The quantitative estimate of drug-likeness (QED) is 0.459. The summed E-state index contributed by atoms with van der Waals surface area (Å²) in [6, 6.07) is 4.88. The first kappa shape index (κ1) is 17.0. The Morgan fingerprint density at radius 2 is 2.00 bits per heavy atom. The number of H-pyrrole nitrogens is 1. The van der Waals surface area contributed by atoms with E-state index in [4.69, 9.17) is 32.8 Å². The van der Waals surface area contributed by atoms with Gasteiger partial charge in [-0.3, -0.25) is 0 Å². The van der Waals surface area contributed by atoms with Crippen LogP contribution in [0, 0.1) is 0 Å². The highest BCUT2D eigenvalue weighted by molar-refractivity contribution is 7.18. The van der Waals surface area contributed by atoms with Gasteiger partial charge in [-0.2, -0.15) is 4.98 Å². The zero-order chi connectivity index (χ0) is 18.4. The van der Waals surface area contributed by atoms with E-state index in [0.717, 1.165) is 0 Å². The molecule has 0 aliphatic carbocycles. The molecule has 10 heteroatoms. The fraction of sp³-hybridized carbons (Fsp3) is 0.0625. The summed E-state index contributed by atoms with van der Waals surface area (Å²) in [5, 5.41) is 25.1. The number of carboxylic acids is 1. The largest absolute Gasteiger partial charge is 0.477 e. The molecule has 0 radical (unpaired) electrons. The normalized spacial score (nSPS) is 11.3. The minimum absolute atomic E-state index is 0.0114. The molecule has 7 nitrogen and oxygen atoms in total. The van der Waals surface area contributed by atoms with E-state index < -0.39 is 5.97 Å². The lowest BCUT2D eigenvalue weighted by atomic mass is 10.1. The van der Waals surface area contributed by atoms with Gasteiger partial charge in [-0.25, -0.2) is 4.79 Å². The maximum atomic E-state index is 11.8. The zero-order valence-electron chi connectivity index (χ0n) is 12.8. The monoisotopic (exact) mass is 409 g/mol. The minimum Gasteiger partial charge on any atom is -0.477 e. The Labute approximate surface area is 159 Å². The van der Waals surface area contributed by atoms with Crippen LogP contribution in [0.15, 0.2) is 28.1 Å². The third-order valence-electron chi connectivity index (χ3n) is 3.73. The van der Waals surface area contributed by atoms with Crippen molar-refractivity contribution in [1.29, 1.82) is 0 Å². The molecule has 0 fully saturated rings. The van der Waals surface area contributed by atoms with Crippen LogP contribution in [-0.2, 0) is 6.61 Å². The number of rotatable bonds is 4. The summed E-state index contributed by atoms with van der Waals surface area (Å²) >= 11 is 13.5. The van der Waals surface area contributed by atoms with Crippen LogP contribution >= 0.6 is 34.5 Å². The Kier molecular flexibility index (Phi) is 4.20. The molecule has 0 aliphatic heterocycles. The number of aliphatic hydroxyl groups excluding tert-OH is 1. The van der Waals surface area contributed by atoms with Gasteiger partial charge >= 0.3 is 5.97 Å². The number of aromatic carboxylic acids is 1. The van der Waals surface area contributed by atoms with E-state index in [-0.39, 0.29) is 24.0 Å². The number of benzene rings is 1. The Hall–Kier alpha value is -2.39. The molecule has 0 atom stereocenters. The van der Waals surface area contributed by atoms with Crippen molar-refractivity contribution in [2.45, 2.75) is 6.61 Å². The first-order valence-corrected chi connectivity index (χ1v) is 8.88. The molecule has 4 aromatic rings. The van der Waals surface area contributed by atoms with Crippen LogP contribution < -0.4 is 0 Å². The van der Waals surface area contributed by atoms with Crippen LogP contribution in [0.4, 0.5) is 0 Å². The van der Waals surface area contributed by atoms with Gasteiger partial charge < -0.3 is 19.7 Å². The highest BCUT2D eigenvalue weighted by Gasteiger charge is 2.24. The number of carbonyl (C=O) groups is 1. The molecule has 4 rings (SSSR count). The zero-order valence-corrected chi connectivity index (χ0v) is 15.1. The summed E-state index contributed by atoms with van der Waals surface area (Å²) in [4.78, 5) is 18.7. The molecule has 132 valence electrons. The lowest BCUT2D eigenvalue weighted by Gasteiger charge is -2.03. The van der Waals surface area contributed by atoms with Gasteiger partial charge in [0.05, 0.1) is 15.8 Å². The second kappa shape index (κ2) is 6.40. The van der Waals surface area contributed by atoms with E-state index in [1.165, 1.54) is 11.3 Å². The number of hydrogen-bond donors (Lipinski definition) is 3. The summed E-state index contributed by atoms with van der Waals surface area (Å²) < 4.78 is 5.62. The average molecular weight is 410 g/mol. The van der Waals surface area contributed by atoms with E-state index >= 15 is 0 Å². The maximum absolute atomic E-state index is 11.8. The molecule has 0 unspecified atom stereocenters. The average Bonchev–Trinajstić information content (AvgIpc) is 3.27. The van der Waals surface area contributed by atoms with Gasteiger partial charge in [0, 0.05) is 21.0 Å². The van der Waals surface area contributed by atoms with Gasteiger partial charge in [0.1, 0.15) is 12.3 Å². The van der Waals surface area contributed by atoms with Crippen molar-refractivity contribution in [3.8, 4) is 22.5 Å². The lowest BCUT2D eigenvalue weighted by Crippen LogP contribution is -1.99. The fourth-order valence-corrected chi connectivity index (χ4v) is 4.30. The number of carboxylic acid groups (broad SMARTS) is 1. The first-order valence-electron chi connectivity index (χ1n) is 7.24. The van der Waals surface area contributed by atoms with Crippen LogP contribution in [0.25, 0.3) is 32.7 Å². The molecule has 0 saturated heterocycles. The van der Waals surface area contributed by atoms with E-state index in [0.29, 0.717) is 37.0 Å². The maximum Gasteiger partial charge on any atom is 0.353 e. The predicted molar refractivity (Wildman–Crippen MR) is 97.8 cm³/mol. The number of fused-ring (bicyclic) bond motifs is 1. The van der Waals surface area contributed by atoms with Gasteiger partial charge in [0.2, 0.25) is 5.82 Å². The smallest absolute Gasteiger partial charge is 0.353 e. The predicted octanol–water partition coefficient (Wildman–Crippen LogP) is 4.44. The summed E-state index contributed by atoms with van der Waals surface area (Å²) in [7, 11) is 0. The molecular weight excluding hydrogens is 401 g/mol. The molecule has 0 aliphatic rings. The molecular formula is C16H9Cl2N3O4S. The first-order chi connectivity index (χ1) is 12.5. The van der Waals surface area contributed by atoms with Crippen LogP contribution in [0.3, 0.4) is 0 Å². The number of aromatic amines is 1. The number of thiophene rings is 1. The van der Waals surface area contributed by atoms with Crippen molar-refractivity contribution in [3.63, 3.8) is 0 Å². The Balaban J connectivity index is 1.98. The number of aromatic nitrogens is 3. The molecule has 0 saturated carbocycles. The van der Waals surface area contributed by atoms with E-state index in [1.54, 1.807) is 23.6 Å². The van der Waals surface area contributed by atoms with Crippen LogP contribution in [0.5, 0.6) is 0 Å². The summed E-state index contributed by atoms with van der Waals surface area (Å²) in [5.74, 6) is -0.782. The molecule has 1 aromatic carbocycles. The van der Waals surface area contributed by atoms with Crippen molar-refractivity contribution in [2.75, 3.05) is 0 Å².